The lowest BCUT2D eigenvalue weighted by Gasteiger charge is -2.03. The van der Waals surface area contributed by atoms with Gasteiger partial charge in [0.1, 0.15) is 28.1 Å². The van der Waals surface area contributed by atoms with Crippen LogP contribution in [-0.2, 0) is 0 Å². The molecule has 158 valence electrons. The summed E-state index contributed by atoms with van der Waals surface area (Å²) in [5.74, 6) is -0.719. The number of nitrogens with zero attached hydrogens (tertiary/aromatic N) is 3. The summed E-state index contributed by atoms with van der Waals surface area (Å²) in [6.45, 7) is 0. The van der Waals surface area contributed by atoms with E-state index in [2.05, 4.69) is 26.2 Å². The Morgan fingerprint density at radius 1 is 1.31 bits per heavy atom. The summed E-state index contributed by atoms with van der Waals surface area (Å²) in [6.07, 6.45) is 1.20. The van der Waals surface area contributed by atoms with Crippen molar-refractivity contribution >= 4 is 55.2 Å². The Morgan fingerprint density at radius 3 is 2.88 bits per heavy atom. The number of allylic oxidation sites excluding steroid dienone is 1. The molecule has 0 saturated carbocycles. The van der Waals surface area contributed by atoms with E-state index >= 15 is 0 Å². The van der Waals surface area contributed by atoms with Crippen LogP contribution in [0.1, 0.15) is 5.01 Å². The minimum absolute atomic E-state index is 0.0556. The van der Waals surface area contributed by atoms with Crippen molar-refractivity contribution < 1.29 is 13.7 Å². The number of aromatic nitrogens is 1. The van der Waals surface area contributed by atoms with Gasteiger partial charge in [0.25, 0.3) is 5.69 Å². The number of rotatable bonds is 5. The predicted molar refractivity (Wildman–Crippen MR) is 122 cm³/mol. The van der Waals surface area contributed by atoms with Crippen LogP contribution >= 0.6 is 27.3 Å². The van der Waals surface area contributed by atoms with Crippen molar-refractivity contribution in [3.8, 4) is 17.3 Å². The molecule has 0 aliphatic rings. The van der Waals surface area contributed by atoms with E-state index in [0.29, 0.717) is 16.7 Å². The molecular formula is C21H10BrFN4O4S. The number of nitro benzene ring substituents is 1. The molecular weight excluding hydrogens is 503 g/mol. The molecule has 4 aromatic rings. The van der Waals surface area contributed by atoms with Crippen LogP contribution in [0.5, 0.6) is 0 Å². The van der Waals surface area contributed by atoms with Gasteiger partial charge in [-0.05, 0) is 30.3 Å². The number of non-ortho nitro benzene ring substituents is 1. The summed E-state index contributed by atoms with van der Waals surface area (Å²) in [7, 11) is 0. The highest BCUT2D eigenvalue weighted by molar-refractivity contribution is 9.10. The molecule has 32 heavy (non-hydrogen) atoms. The van der Waals surface area contributed by atoms with Gasteiger partial charge in [-0.2, -0.15) is 5.26 Å². The first kappa shape index (κ1) is 21.4. The van der Waals surface area contributed by atoms with Crippen molar-refractivity contribution in [2.75, 3.05) is 5.32 Å². The molecule has 0 aliphatic carbocycles. The second-order valence-electron chi connectivity index (χ2n) is 6.40. The summed E-state index contributed by atoms with van der Waals surface area (Å²) in [5.41, 5.74) is 0.00194. The number of fused-ring (bicyclic) bond motifs is 1. The van der Waals surface area contributed by atoms with Crippen LogP contribution in [0.25, 0.3) is 27.8 Å². The molecule has 2 aromatic heterocycles. The van der Waals surface area contributed by atoms with Gasteiger partial charge < -0.3 is 9.73 Å². The first-order valence-electron chi connectivity index (χ1n) is 8.86. The number of hydrogen-bond acceptors (Lipinski definition) is 8. The number of benzene rings is 2. The van der Waals surface area contributed by atoms with Crippen LogP contribution in [0.2, 0.25) is 0 Å². The molecule has 0 saturated heterocycles. The van der Waals surface area contributed by atoms with Crippen molar-refractivity contribution in [3.05, 3.63) is 89.9 Å². The van der Waals surface area contributed by atoms with Gasteiger partial charge in [-0.3, -0.25) is 10.1 Å². The highest BCUT2D eigenvalue weighted by atomic mass is 79.9. The lowest BCUT2D eigenvalue weighted by Crippen LogP contribution is -2.03. The summed E-state index contributed by atoms with van der Waals surface area (Å²) in [4.78, 5) is 27.0. The SMILES string of the molecule is N#CC(=CNc1cc([N+](=O)[O-])ccc1F)c1nc(-c2cc3cc(Br)ccc3oc2=O)cs1. The quantitative estimate of drug-likeness (QED) is 0.157. The molecule has 4 rings (SSSR count). The van der Waals surface area contributed by atoms with E-state index in [0.717, 1.165) is 34.0 Å². The molecule has 0 atom stereocenters. The molecule has 0 bridgehead atoms. The summed E-state index contributed by atoms with van der Waals surface area (Å²) in [5, 5.41) is 25.5. The number of nitriles is 1. The van der Waals surface area contributed by atoms with Gasteiger partial charge >= 0.3 is 5.63 Å². The molecule has 1 N–H and O–H groups in total. The number of nitro groups is 1. The molecule has 8 nitrogen and oxygen atoms in total. The number of thiazole rings is 1. The first-order chi connectivity index (χ1) is 15.4. The number of nitrogens with one attached hydrogen (secondary N) is 1. The lowest BCUT2D eigenvalue weighted by molar-refractivity contribution is -0.384. The topological polar surface area (TPSA) is 122 Å². The Morgan fingerprint density at radius 2 is 2.12 bits per heavy atom. The van der Waals surface area contributed by atoms with Crippen molar-refractivity contribution in [3.63, 3.8) is 0 Å². The molecule has 0 amide bonds. The maximum Gasteiger partial charge on any atom is 0.345 e. The maximum absolute atomic E-state index is 14.0. The highest BCUT2D eigenvalue weighted by Gasteiger charge is 2.15. The van der Waals surface area contributed by atoms with E-state index in [-0.39, 0.29) is 27.5 Å². The van der Waals surface area contributed by atoms with E-state index in [1.807, 2.05) is 6.07 Å². The second kappa shape index (κ2) is 8.70. The van der Waals surface area contributed by atoms with Crippen molar-refractivity contribution in [2.45, 2.75) is 0 Å². The van der Waals surface area contributed by atoms with E-state index in [4.69, 9.17) is 4.42 Å². The first-order valence-corrected chi connectivity index (χ1v) is 10.5. The smallest absolute Gasteiger partial charge is 0.345 e. The third-order valence-corrected chi connectivity index (χ3v) is 5.73. The van der Waals surface area contributed by atoms with Crippen LogP contribution in [0.15, 0.2) is 67.7 Å². The van der Waals surface area contributed by atoms with Crippen LogP contribution in [0, 0.1) is 27.3 Å². The molecule has 11 heteroatoms. The van der Waals surface area contributed by atoms with Gasteiger partial charge in [0, 0.05) is 33.6 Å². The van der Waals surface area contributed by atoms with Gasteiger partial charge in [0.05, 0.1) is 21.9 Å². The largest absolute Gasteiger partial charge is 0.422 e. The van der Waals surface area contributed by atoms with E-state index in [1.54, 1.807) is 29.6 Å². The molecule has 0 fully saturated rings. The monoisotopic (exact) mass is 512 g/mol. The lowest BCUT2D eigenvalue weighted by atomic mass is 10.1. The average Bonchev–Trinajstić information content (AvgIpc) is 3.24. The van der Waals surface area contributed by atoms with Gasteiger partial charge in [-0.15, -0.1) is 11.3 Å². The van der Waals surface area contributed by atoms with Crippen molar-refractivity contribution in [2.24, 2.45) is 0 Å². The average molecular weight is 513 g/mol. The molecule has 2 heterocycles. The van der Waals surface area contributed by atoms with E-state index in [9.17, 15) is 24.6 Å². The van der Waals surface area contributed by atoms with Crippen LogP contribution in [-0.4, -0.2) is 9.91 Å². The van der Waals surface area contributed by atoms with Crippen molar-refractivity contribution in [1.82, 2.24) is 4.98 Å². The van der Waals surface area contributed by atoms with Crippen LogP contribution in [0.4, 0.5) is 15.8 Å². The van der Waals surface area contributed by atoms with Gasteiger partial charge in [0.2, 0.25) is 0 Å². The van der Waals surface area contributed by atoms with E-state index in [1.165, 1.54) is 6.20 Å². The third kappa shape index (κ3) is 4.27. The maximum atomic E-state index is 14.0. The van der Waals surface area contributed by atoms with E-state index < -0.39 is 16.4 Å². The number of halogens is 2. The number of anilines is 1. The standard InChI is InChI=1S/C21H10BrFN4O4S/c22-13-1-4-19-11(5-13)6-15(21(28)31-19)18-10-32-20(26-18)12(8-24)9-25-17-7-14(27(29)30)2-3-16(17)23/h1-7,9-10,25H. The third-order valence-electron chi connectivity index (χ3n) is 4.36. The summed E-state index contributed by atoms with van der Waals surface area (Å²) in [6, 6.07) is 11.8. The van der Waals surface area contributed by atoms with Crippen LogP contribution < -0.4 is 10.9 Å². The fourth-order valence-electron chi connectivity index (χ4n) is 2.82. The Labute approximate surface area is 191 Å². The molecule has 2 aromatic carbocycles. The Kier molecular flexibility index (Phi) is 5.81. The zero-order chi connectivity index (χ0) is 22.8. The van der Waals surface area contributed by atoms with Gasteiger partial charge in [0.15, 0.2) is 0 Å². The summed E-state index contributed by atoms with van der Waals surface area (Å²) >= 11 is 4.48. The van der Waals surface area contributed by atoms with Crippen LogP contribution in [0.3, 0.4) is 0 Å². The minimum atomic E-state index is -0.719. The fourth-order valence-corrected chi connectivity index (χ4v) is 3.99. The zero-order valence-electron chi connectivity index (χ0n) is 15.8. The second-order valence-corrected chi connectivity index (χ2v) is 8.18. The molecule has 0 aliphatic heterocycles. The Bertz CT molecular complexity index is 1510. The normalized spacial score (nSPS) is 11.3. The molecule has 0 spiro atoms. The highest BCUT2D eigenvalue weighted by Crippen LogP contribution is 2.28. The minimum Gasteiger partial charge on any atom is -0.422 e. The summed E-state index contributed by atoms with van der Waals surface area (Å²) < 4.78 is 20.1. The molecule has 0 unspecified atom stereocenters. The van der Waals surface area contributed by atoms with Crippen molar-refractivity contribution in [1.29, 1.82) is 5.26 Å². The predicted octanol–water partition coefficient (Wildman–Crippen LogP) is 5.70. The fraction of sp³-hybridized carbons (Fsp3) is 0. The van der Waals surface area contributed by atoms with Gasteiger partial charge in [-0.1, -0.05) is 15.9 Å². The zero-order valence-corrected chi connectivity index (χ0v) is 18.2. The Balaban J connectivity index is 1.67. The van der Waals surface area contributed by atoms with Gasteiger partial charge in [-0.25, -0.2) is 14.2 Å². The number of hydrogen-bond donors (Lipinski definition) is 1. The Hall–Kier alpha value is -3.88. The molecule has 0 radical (unpaired) electrons.